The van der Waals surface area contributed by atoms with E-state index in [0.717, 1.165) is 5.56 Å². The number of aromatic nitrogens is 2. The van der Waals surface area contributed by atoms with E-state index in [0.29, 0.717) is 28.2 Å². The Hall–Kier alpha value is -1.86. The van der Waals surface area contributed by atoms with E-state index in [1.54, 1.807) is 7.05 Å². The van der Waals surface area contributed by atoms with Crippen molar-refractivity contribution in [3.05, 3.63) is 35.6 Å². The van der Waals surface area contributed by atoms with Gasteiger partial charge in [0.05, 0.1) is 0 Å². The fraction of sp³-hybridized carbons (Fsp3) is 0.167. The Balaban J connectivity index is 2.27. The number of benzene rings is 1. The molecule has 0 saturated carbocycles. The predicted octanol–water partition coefficient (Wildman–Crippen LogP) is 1.65. The van der Waals surface area contributed by atoms with Gasteiger partial charge in [0.1, 0.15) is 17.5 Å². The minimum Gasteiger partial charge on any atom is -0.383 e. The number of halogens is 1. The van der Waals surface area contributed by atoms with Gasteiger partial charge in [-0.3, -0.25) is 0 Å². The first kappa shape index (κ1) is 13.6. The number of nitrogen functional groups attached to an aromatic ring is 2. The van der Waals surface area contributed by atoms with Crippen molar-refractivity contribution in [1.82, 2.24) is 15.3 Å². The van der Waals surface area contributed by atoms with Crippen molar-refractivity contribution in [3.8, 4) is 0 Å². The molecule has 5 N–H and O–H groups in total. The average molecular weight is 279 g/mol. The van der Waals surface area contributed by atoms with Crippen molar-refractivity contribution in [2.24, 2.45) is 0 Å². The maximum atomic E-state index is 13.5. The number of nitrogens with one attached hydrogen (secondary N) is 1. The van der Waals surface area contributed by atoms with E-state index in [1.165, 1.54) is 30.0 Å². The van der Waals surface area contributed by atoms with Gasteiger partial charge in [-0.1, -0.05) is 0 Å². The molecule has 0 bridgehead atoms. The van der Waals surface area contributed by atoms with Crippen LogP contribution in [0.1, 0.15) is 5.56 Å². The Kier molecular flexibility index (Phi) is 4.18. The maximum Gasteiger partial charge on any atom is 0.196 e. The maximum absolute atomic E-state index is 13.5. The fourth-order valence-electron chi connectivity index (χ4n) is 1.60. The second kappa shape index (κ2) is 5.85. The molecular weight excluding hydrogens is 265 g/mol. The van der Waals surface area contributed by atoms with Crippen LogP contribution in [0, 0.1) is 5.82 Å². The van der Waals surface area contributed by atoms with Crippen LogP contribution in [0.5, 0.6) is 0 Å². The van der Waals surface area contributed by atoms with Crippen LogP contribution in [0.4, 0.5) is 16.0 Å². The van der Waals surface area contributed by atoms with Crippen molar-refractivity contribution in [1.29, 1.82) is 0 Å². The molecule has 0 fully saturated rings. The molecule has 1 aromatic carbocycles. The van der Waals surface area contributed by atoms with Gasteiger partial charge in [0.25, 0.3) is 0 Å². The Morgan fingerprint density at radius 3 is 2.47 bits per heavy atom. The third-order valence-electron chi connectivity index (χ3n) is 2.27. The van der Waals surface area contributed by atoms with Crippen molar-refractivity contribution in [2.75, 3.05) is 18.5 Å². The van der Waals surface area contributed by atoms with Crippen LogP contribution in [0.15, 0.2) is 34.3 Å². The molecule has 19 heavy (non-hydrogen) atoms. The SMILES string of the molecule is CNCc1cc(F)cc(Sc2nc(N)cc(N)n2)c1. The number of hydrogen-bond acceptors (Lipinski definition) is 6. The van der Waals surface area contributed by atoms with E-state index in [9.17, 15) is 4.39 Å². The van der Waals surface area contributed by atoms with Crippen LogP contribution in [-0.2, 0) is 6.54 Å². The van der Waals surface area contributed by atoms with Crippen LogP contribution in [-0.4, -0.2) is 17.0 Å². The van der Waals surface area contributed by atoms with Crippen molar-refractivity contribution in [3.63, 3.8) is 0 Å². The van der Waals surface area contributed by atoms with E-state index in [1.807, 2.05) is 6.07 Å². The Morgan fingerprint density at radius 1 is 1.16 bits per heavy atom. The van der Waals surface area contributed by atoms with Gasteiger partial charge in [-0.2, -0.15) is 0 Å². The molecule has 0 aliphatic heterocycles. The van der Waals surface area contributed by atoms with Gasteiger partial charge in [-0.05, 0) is 42.6 Å². The van der Waals surface area contributed by atoms with Crippen LogP contribution in [0.25, 0.3) is 0 Å². The van der Waals surface area contributed by atoms with Crippen molar-refractivity contribution < 1.29 is 4.39 Å². The predicted molar refractivity (Wildman–Crippen MR) is 74.1 cm³/mol. The first-order chi connectivity index (χ1) is 9.06. The van der Waals surface area contributed by atoms with E-state index >= 15 is 0 Å². The lowest BCUT2D eigenvalue weighted by molar-refractivity contribution is 0.619. The molecule has 100 valence electrons. The Labute approximate surface area is 114 Å². The number of hydrogen-bond donors (Lipinski definition) is 3. The lowest BCUT2D eigenvalue weighted by atomic mass is 10.2. The molecule has 0 aliphatic rings. The summed E-state index contributed by atoms with van der Waals surface area (Å²) in [5.74, 6) is 0.288. The van der Waals surface area contributed by atoms with Crippen LogP contribution in [0.2, 0.25) is 0 Å². The highest BCUT2D eigenvalue weighted by atomic mass is 32.2. The number of rotatable bonds is 4. The molecular formula is C12H14FN5S. The third kappa shape index (κ3) is 3.80. The molecule has 2 aromatic rings. The lowest BCUT2D eigenvalue weighted by Gasteiger charge is -2.06. The van der Waals surface area contributed by atoms with E-state index in [-0.39, 0.29) is 5.82 Å². The van der Waals surface area contributed by atoms with Gasteiger partial charge < -0.3 is 16.8 Å². The minimum atomic E-state index is -0.299. The molecule has 0 radical (unpaired) electrons. The standard InChI is InChI=1S/C12H14FN5S/c1-16-6-7-2-8(13)4-9(3-7)19-12-17-10(14)5-11(15)18-12/h2-5,16H,6H2,1H3,(H4,14,15,17,18). The molecule has 0 unspecified atom stereocenters. The first-order valence-electron chi connectivity index (χ1n) is 5.59. The molecule has 7 heteroatoms. The summed E-state index contributed by atoms with van der Waals surface area (Å²) in [4.78, 5) is 8.80. The second-order valence-electron chi connectivity index (χ2n) is 3.93. The highest BCUT2D eigenvalue weighted by molar-refractivity contribution is 7.99. The van der Waals surface area contributed by atoms with E-state index in [4.69, 9.17) is 11.5 Å². The van der Waals surface area contributed by atoms with Gasteiger partial charge in [0, 0.05) is 17.5 Å². The molecule has 2 rings (SSSR count). The zero-order chi connectivity index (χ0) is 13.8. The van der Waals surface area contributed by atoms with Gasteiger partial charge >= 0.3 is 0 Å². The van der Waals surface area contributed by atoms with Crippen LogP contribution < -0.4 is 16.8 Å². The van der Waals surface area contributed by atoms with Crippen molar-refractivity contribution >= 4 is 23.4 Å². The highest BCUT2D eigenvalue weighted by Gasteiger charge is 2.06. The average Bonchev–Trinajstić information content (AvgIpc) is 2.26. The summed E-state index contributed by atoms with van der Waals surface area (Å²) >= 11 is 1.22. The highest BCUT2D eigenvalue weighted by Crippen LogP contribution is 2.27. The first-order valence-corrected chi connectivity index (χ1v) is 6.40. The zero-order valence-corrected chi connectivity index (χ0v) is 11.2. The summed E-state index contributed by atoms with van der Waals surface area (Å²) in [6, 6.07) is 6.25. The molecule has 0 saturated heterocycles. The molecule has 1 aromatic heterocycles. The minimum absolute atomic E-state index is 0.293. The summed E-state index contributed by atoms with van der Waals surface area (Å²) < 4.78 is 13.5. The molecule has 1 heterocycles. The summed E-state index contributed by atoms with van der Waals surface area (Å²) in [6.07, 6.45) is 0. The number of anilines is 2. The second-order valence-corrected chi connectivity index (χ2v) is 4.97. The molecule has 5 nitrogen and oxygen atoms in total. The molecule has 0 amide bonds. The fourth-order valence-corrected chi connectivity index (χ4v) is 2.49. The quantitative estimate of drug-likeness (QED) is 0.737. The van der Waals surface area contributed by atoms with Gasteiger partial charge in [-0.15, -0.1) is 0 Å². The van der Waals surface area contributed by atoms with E-state index < -0.39 is 0 Å². The summed E-state index contributed by atoms with van der Waals surface area (Å²) in [5, 5.41) is 3.37. The van der Waals surface area contributed by atoms with Gasteiger partial charge in [-0.25, -0.2) is 14.4 Å². The van der Waals surface area contributed by atoms with Crippen LogP contribution in [0.3, 0.4) is 0 Å². The largest absolute Gasteiger partial charge is 0.383 e. The van der Waals surface area contributed by atoms with Crippen molar-refractivity contribution in [2.45, 2.75) is 16.6 Å². The van der Waals surface area contributed by atoms with Crippen LogP contribution >= 0.6 is 11.8 Å². The normalized spacial score (nSPS) is 10.6. The molecule has 0 aliphatic carbocycles. The Morgan fingerprint density at radius 2 is 1.84 bits per heavy atom. The van der Waals surface area contributed by atoms with E-state index in [2.05, 4.69) is 15.3 Å². The summed E-state index contributed by atoms with van der Waals surface area (Å²) in [5.41, 5.74) is 12.0. The summed E-state index contributed by atoms with van der Waals surface area (Å²) in [7, 11) is 1.80. The van der Waals surface area contributed by atoms with Gasteiger partial charge in [0.2, 0.25) is 0 Å². The number of nitrogens with two attached hydrogens (primary N) is 2. The zero-order valence-electron chi connectivity index (χ0n) is 10.4. The topological polar surface area (TPSA) is 89.8 Å². The third-order valence-corrected chi connectivity index (χ3v) is 3.10. The molecule has 0 spiro atoms. The summed E-state index contributed by atoms with van der Waals surface area (Å²) in [6.45, 7) is 0.589. The monoisotopic (exact) mass is 279 g/mol. The smallest absolute Gasteiger partial charge is 0.196 e. The lowest BCUT2D eigenvalue weighted by Crippen LogP contribution is -2.05. The number of nitrogens with zero attached hydrogens (tertiary/aromatic N) is 2. The van der Waals surface area contributed by atoms with Gasteiger partial charge in [0.15, 0.2) is 5.16 Å². The molecule has 0 atom stereocenters. The Bertz CT molecular complexity index is 570.